The van der Waals surface area contributed by atoms with E-state index in [0.29, 0.717) is 29.3 Å². The molecular weight excluding hydrogens is 398 g/mol. The first-order chi connectivity index (χ1) is 14.3. The predicted octanol–water partition coefficient (Wildman–Crippen LogP) is 2.69. The van der Waals surface area contributed by atoms with Gasteiger partial charge in [0.15, 0.2) is 11.4 Å². The molecule has 2 aromatic rings. The van der Waals surface area contributed by atoms with Crippen molar-refractivity contribution < 1.29 is 24.9 Å². The maximum absolute atomic E-state index is 12.7. The molecule has 2 N–H and O–H groups in total. The minimum Gasteiger partial charge on any atom is -0.600 e. The van der Waals surface area contributed by atoms with Gasteiger partial charge in [0.1, 0.15) is 23.5 Å². The predicted molar refractivity (Wildman–Crippen MR) is 120 cm³/mol. The smallest absolute Gasteiger partial charge is 0.195 e. The molecule has 2 aromatic carbocycles. The lowest BCUT2D eigenvalue weighted by atomic mass is 10.1. The molecule has 2 rings (SSSR count). The summed E-state index contributed by atoms with van der Waals surface area (Å²) >= 11 is 0. The van der Waals surface area contributed by atoms with Gasteiger partial charge in [-0.2, -0.15) is 4.84 Å². The Morgan fingerprint density at radius 1 is 0.903 bits per heavy atom. The molecule has 0 aliphatic rings. The van der Waals surface area contributed by atoms with Gasteiger partial charge in [0, 0.05) is 23.8 Å². The van der Waals surface area contributed by atoms with Gasteiger partial charge in [-0.3, -0.25) is 4.99 Å². The van der Waals surface area contributed by atoms with E-state index in [1.807, 2.05) is 47.6 Å². The lowest BCUT2D eigenvalue weighted by Gasteiger charge is -2.28. The number of rotatable bonds is 9. The number of benzene rings is 2. The summed E-state index contributed by atoms with van der Waals surface area (Å²) in [7, 11) is 0. The molecule has 0 aliphatic carbocycles. The molecule has 0 aliphatic heterocycles. The molecule has 0 radical (unpaired) electrons. The number of quaternary nitrogens is 2. The van der Waals surface area contributed by atoms with Crippen molar-refractivity contribution in [3.05, 3.63) is 64.0 Å². The highest BCUT2D eigenvalue weighted by Crippen LogP contribution is 2.26. The SMILES string of the molecule is C=NCc1cc(O[NH+]([O-])c2cccc(C[NH+]([O-])OC(C)(C)C)c2)cc(OC(C)(C)C)c1. The van der Waals surface area contributed by atoms with Gasteiger partial charge in [-0.1, -0.05) is 12.1 Å². The third-order valence-corrected chi connectivity index (χ3v) is 3.80. The second-order valence-electron chi connectivity index (χ2n) is 9.26. The fraction of sp³-hybridized carbons (Fsp3) is 0.435. The third-order valence-electron chi connectivity index (χ3n) is 3.80. The standard InChI is InChI=1S/C23H33N3O5/c1-22(2,3)29-20-12-18(15-24-7)13-21(14-20)30-26(28)19-10-8-9-17(11-19)16-25(27)31-23(4,5)6/h8-14,25-26H,7,15-16H2,1-6H3. The average molecular weight is 432 g/mol. The van der Waals surface area contributed by atoms with Gasteiger partial charge in [-0.25, -0.2) is 5.23 Å². The Morgan fingerprint density at radius 3 is 2.19 bits per heavy atom. The molecule has 2 atom stereocenters. The Bertz CT molecular complexity index is 874. The monoisotopic (exact) mass is 431 g/mol. The van der Waals surface area contributed by atoms with Crippen LogP contribution >= 0.6 is 0 Å². The first kappa shape index (κ1) is 24.8. The van der Waals surface area contributed by atoms with Gasteiger partial charge in [0.25, 0.3) is 0 Å². The Hall–Kier alpha value is -2.49. The van der Waals surface area contributed by atoms with E-state index in [-0.39, 0.29) is 11.8 Å². The molecule has 0 aromatic heterocycles. The molecule has 0 saturated carbocycles. The Labute approximate surface area is 184 Å². The van der Waals surface area contributed by atoms with Crippen molar-refractivity contribution >= 4 is 12.4 Å². The Kier molecular flexibility index (Phi) is 8.16. The van der Waals surface area contributed by atoms with E-state index in [4.69, 9.17) is 14.4 Å². The Balaban J connectivity index is 2.17. The van der Waals surface area contributed by atoms with Crippen molar-refractivity contribution in [3.63, 3.8) is 0 Å². The van der Waals surface area contributed by atoms with E-state index in [1.54, 1.807) is 36.4 Å². The van der Waals surface area contributed by atoms with Gasteiger partial charge < -0.3 is 20.0 Å². The second kappa shape index (κ2) is 10.2. The van der Waals surface area contributed by atoms with Crippen molar-refractivity contribution in [2.45, 2.75) is 65.8 Å². The molecule has 0 fully saturated rings. The van der Waals surface area contributed by atoms with Gasteiger partial charge in [0.2, 0.25) is 0 Å². The maximum atomic E-state index is 12.7. The largest absolute Gasteiger partial charge is 0.600 e. The molecule has 0 saturated heterocycles. The zero-order valence-electron chi connectivity index (χ0n) is 19.2. The normalized spacial score (nSPS) is 14.1. The van der Waals surface area contributed by atoms with Crippen LogP contribution in [-0.4, -0.2) is 17.9 Å². The summed E-state index contributed by atoms with van der Waals surface area (Å²) in [4.78, 5) is 14.8. The fourth-order valence-electron chi connectivity index (χ4n) is 2.84. The summed E-state index contributed by atoms with van der Waals surface area (Å²) < 4.78 is 5.91. The van der Waals surface area contributed by atoms with Crippen LogP contribution in [0.5, 0.6) is 11.5 Å². The molecular formula is C23H33N3O5. The number of hydrogen-bond acceptors (Lipinski definition) is 6. The van der Waals surface area contributed by atoms with Crippen LogP contribution in [0.1, 0.15) is 52.7 Å². The van der Waals surface area contributed by atoms with Crippen LogP contribution in [0.25, 0.3) is 0 Å². The highest BCUT2D eigenvalue weighted by atomic mass is 16.9. The number of nitrogens with one attached hydrogen (secondary N) is 2. The van der Waals surface area contributed by atoms with E-state index < -0.39 is 16.4 Å². The second-order valence-corrected chi connectivity index (χ2v) is 9.26. The van der Waals surface area contributed by atoms with Crippen LogP contribution in [-0.2, 0) is 17.9 Å². The molecule has 8 nitrogen and oxygen atoms in total. The van der Waals surface area contributed by atoms with E-state index in [0.717, 1.165) is 5.56 Å². The quantitative estimate of drug-likeness (QED) is 0.470. The van der Waals surface area contributed by atoms with Gasteiger partial charge in [-0.05, 0) is 66.0 Å². The van der Waals surface area contributed by atoms with E-state index in [2.05, 4.69) is 11.7 Å². The van der Waals surface area contributed by atoms with Crippen LogP contribution in [0.4, 0.5) is 5.69 Å². The molecule has 0 spiro atoms. The van der Waals surface area contributed by atoms with E-state index >= 15 is 0 Å². The summed E-state index contributed by atoms with van der Waals surface area (Å²) in [6, 6.07) is 12.0. The van der Waals surface area contributed by atoms with Crippen LogP contribution in [0.2, 0.25) is 0 Å². The highest BCUT2D eigenvalue weighted by Gasteiger charge is 2.18. The van der Waals surface area contributed by atoms with Gasteiger partial charge >= 0.3 is 0 Å². The lowest BCUT2D eigenvalue weighted by molar-refractivity contribution is -1.07. The van der Waals surface area contributed by atoms with Crippen LogP contribution in [0.3, 0.4) is 0 Å². The highest BCUT2D eigenvalue weighted by molar-refractivity contribution is 5.40. The minimum absolute atomic E-state index is 0.0719. The molecule has 2 unspecified atom stereocenters. The number of ether oxygens (including phenoxy) is 1. The number of hydroxylamine groups is 2. The van der Waals surface area contributed by atoms with E-state index in [1.165, 1.54) is 0 Å². The van der Waals surface area contributed by atoms with Crippen LogP contribution in [0, 0.1) is 10.4 Å². The van der Waals surface area contributed by atoms with Crippen LogP contribution in [0.15, 0.2) is 47.5 Å². The van der Waals surface area contributed by atoms with Gasteiger partial charge in [-0.15, -0.1) is 5.23 Å². The molecule has 170 valence electrons. The lowest BCUT2D eigenvalue weighted by Crippen LogP contribution is -3.06. The zero-order chi connectivity index (χ0) is 23.2. The summed E-state index contributed by atoms with van der Waals surface area (Å²) in [5.41, 5.74) is 0.860. The summed E-state index contributed by atoms with van der Waals surface area (Å²) in [6.45, 7) is 15.2. The number of nitrogens with zero attached hydrogens (tertiary/aromatic N) is 1. The molecule has 31 heavy (non-hydrogen) atoms. The summed E-state index contributed by atoms with van der Waals surface area (Å²) in [5, 5.41) is 23.9. The van der Waals surface area contributed by atoms with Crippen LogP contribution < -0.4 is 20.0 Å². The van der Waals surface area contributed by atoms with Crippen molar-refractivity contribution in [2.75, 3.05) is 0 Å². The topological polar surface area (TPSA) is 95.1 Å². The Morgan fingerprint density at radius 2 is 1.58 bits per heavy atom. The van der Waals surface area contributed by atoms with Crippen molar-refractivity contribution in [3.8, 4) is 11.5 Å². The summed E-state index contributed by atoms with van der Waals surface area (Å²) in [5.74, 6) is 0.929. The van der Waals surface area contributed by atoms with Crippen molar-refractivity contribution in [2.24, 2.45) is 4.99 Å². The zero-order valence-corrected chi connectivity index (χ0v) is 19.2. The first-order valence-electron chi connectivity index (χ1n) is 10.1. The fourth-order valence-corrected chi connectivity index (χ4v) is 2.84. The van der Waals surface area contributed by atoms with E-state index in [9.17, 15) is 10.4 Å². The van der Waals surface area contributed by atoms with Gasteiger partial charge in [0.05, 0.1) is 6.54 Å². The molecule has 8 heteroatoms. The average Bonchev–Trinajstić information content (AvgIpc) is 2.58. The maximum Gasteiger partial charge on any atom is 0.195 e. The minimum atomic E-state index is -0.564. The number of hydrogen-bond donors (Lipinski definition) is 2. The number of aliphatic imine (C=N–C) groups is 1. The third kappa shape index (κ3) is 9.04. The van der Waals surface area contributed by atoms with Crippen molar-refractivity contribution in [1.29, 1.82) is 0 Å². The molecule has 0 bridgehead atoms. The van der Waals surface area contributed by atoms with Crippen molar-refractivity contribution in [1.82, 2.24) is 0 Å². The first-order valence-corrected chi connectivity index (χ1v) is 10.1. The molecule has 0 amide bonds. The molecule has 0 heterocycles. The summed E-state index contributed by atoms with van der Waals surface area (Å²) in [6.07, 6.45) is 0.